The zero-order valence-electron chi connectivity index (χ0n) is 10.0. The lowest BCUT2D eigenvalue weighted by Gasteiger charge is -2.23. The molecule has 17 heavy (non-hydrogen) atoms. The molecule has 1 unspecified atom stereocenters. The summed E-state index contributed by atoms with van der Waals surface area (Å²) >= 11 is 7.51. The number of hydrogen-bond acceptors (Lipinski definition) is 5. The molecule has 1 aliphatic heterocycles. The minimum atomic E-state index is 0.226. The van der Waals surface area contributed by atoms with Crippen LogP contribution in [0.5, 0.6) is 0 Å². The predicted octanol–water partition coefficient (Wildman–Crippen LogP) is 2.47. The molecule has 0 spiro atoms. The third-order valence-electron chi connectivity index (χ3n) is 2.62. The fourth-order valence-electron chi connectivity index (χ4n) is 1.84. The lowest BCUT2D eigenvalue weighted by atomic mass is 10.3. The van der Waals surface area contributed by atoms with Crippen LogP contribution in [0.4, 0.5) is 5.82 Å². The standard InChI is InChI=1S/C11H16ClN3OS/c1-8-7-15(4-3-5-16-8)10-6-9(12)13-11(14-10)17-2/h6,8H,3-5,7H2,1-2H3. The zero-order valence-corrected chi connectivity index (χ0v) is 11.6. The Morgan fingerprint density at radius 1 is 1.53 bits per heavy atom. The molecule has 2 heterocycles. The largest absolute Gasteiger partial charge is 0.377 e. The Morgan fingerprint density at radius 3 is 3.12 bits per heavy atom. The maximum atomic E-state index is 6.00. The fourth-order valence-corrected chi connectivity index (χ4v) is 2.44. The molecule has 0 bridgehead atoms. The van der Waals surface area contributed by atoms with Crippen molar-refractivity contribution in [3.05, 3.63) is 11.2 Å². The van der Waals surface area contributed by atoms with E-state index < -0.39 is 0 Å². The van der Waals surface area contributed by atoms with E-state index in [1.54, 1.807) is 0 Å². The molecule has 2 rings (SSSR count). The highest BCUT2D eigenvalue weighted by molar-refractivity contribution is 7.98. The van der Waals surface area contributed by atoms with E-state index in [9.17, 15) is 0 Å². The maximum absolute atomic E-state index is 6.00. The fraction of sp³-hybridized carbons (Fsp3) is 0.636. The molecule has 1 aliphatic rings. The van der Waals surface area contributed by atoms with Crippen molar-refractivity contribution in [3.8, 4) is 0 Å². The van der Waals surface area contributed by atoms with E-state index in [4.69, 9.17) is 16.3 Å². The van der Waals surface area contributed by atoms with Crippen molar-refractivity contribution in [2.75, 3.05) is 30.9 Å². The number of thioether (sulfide) groups is 1. The van der Waals surface area contributed by atoms with Crippen molar-refractivity contribution in [1.29, 1.82) is 0 Å². The molecule has 94 valence electrons. The normalized spacial score (nSPS) is 21.4. The molecule has 0 amide bonds. The highest BCUT2D eigenvalue weighted by Gasteiger charge is 2.17. The highest BCUT2D eigenvalue weighted by Crippen LogP contribution is 2.22. The molecule has 0 saturated carbocycles. The van der Waals surface area contributed by atoms with Crippen LogP contribution in [0.1, 0.15) is 13.3 Å². The summed E-state index contributed by atoms with van der Waals surface area (Å²) in [5.41, 5.74) is 0. The first-order valence-electron chi connectivity index (χ1n) is 5.64. The van der Waals surface area contributed by atoms with Gasteiger partial charge in [-0.25, -0.2) is 9.97 Å². The molecule has 0 radical (unpaired) electrons. The van der Waals surface area contributed by atoms with Gasteiger partial charge >= 0.3 is 0 Å². The summed E-state index contributed by atoms with van der Waals surface area (Å²) in [6.07, 6.45) is 3.19. The molecular weight excluding hydrogens is 258 g/mol. The second kappa shape index (κ2) is 5.89. The van der Waals surface area contributed by atoms with Gasteiger partial charge in [0.1, 0.15) is 11.0 Å². The van der Waals surface area contributed by atoms with Crippen LogP contribution in [0.3, 0.4) is 0 Å². The van der Waals surface area contributed by atoms with Gasteiger partial charge in [-0.3, -0.25) is 0 Å². The first-order chi connectivity index (χ1) is 8.19. The second-order valence-electron chi connectivity index (χ2n) is 4.02. The SMILES string of the molecule is CSc1nc(Cl)cc(N2CCCOC(C)C2)n1. The molecule has 1 aromatic heterocycles. The monoisotopic (exact) mass is 273 g/mol. The number of hydrogen-bond donors (Lipinski definition) is 0. The van der Waals surface area contributed by atoms with E-state index in [1.807, 2.05) is 12.3 Å². The van der Waals surface area contributed by atoms with Gasteiger partial charge in [0.25, 0.3) is 0 Å². The van der Waals surface area contributed by atoms with Gasteiger partial charge in [-0.15, -0.1) is 0 Å². The summed E-state index contributed by atoms with van der Waals surface area (Å²) in [6, 6.07) is 1.82. The van der Waals surface area contributed by atoms with Gasteiger partial charge < -0.3 is 9.64 Å². The van der Waals surface area contributed by atoms with Gasteiger partial charge in [0.05, 0.1) is 6.10 Å². The number of ether oxygens (including phenoxy) is 1. The molecule has 1 fully saturated rings. The summed E-state index contributed by atoms with van der Waals surface area (Å²) in [7, 11) is 0. The molecule has 0 N–H and O–H groups in total. The van der Waals surface area contributed by atoms with Gasteiger partial charge in [-0.2, -0.15) is 0 Å². The Morgan fingerprint density at radius 2 is 2.35 bits per heavy atom. The number of nitrogens with zero attached hydrogens (tertiary/aromatic N) is 3. The van der Waals surface area contributed by atoms with E-state index in [0.717, 1.165) is 31.9 Å². The topological polar surface area (TPSA) is 38.2 Å². The number of aromatic nitrogens is 2. The van der Waals surface area contributed by atoms with Crippen LogP contribution in [-0.4, -0.2) is 42.0 Å². The van der Waals surface area contributed by atoms with Crippen molar-refractivity contribution in [3.63, 3.8) is 0 Å². The summed E-state index contributed by atoms with van der Waals surface area (Å²) in [6.45, 7) is 4.69. The first kappa shape index (κ1) is 12.9. The average molecular weight is 274 g/mol. The number of anilines is 1. The first-order valence-corrected chi connectivity index (χ1v) is 7.24. The van der Waals surface area contributed by atoms with Crippen LogP contribution in [-0.2, 0) is 4.74 Å². The summed E-state index contributed by atoms with van der Waals surface area (Å²) in [5, 5.41) is 1.21. The predicted molar refractivity (Wildman–Crippen MR) is 71.1 cm³/mol. The maximum Gasteiger partial charge on any atom is 0.190 e. The molecule has 1 aromatic rings. The molecule has 0 aromatic carbocycles. The van der Waals surface area contributed by atoms with Gasteiger partial charge in [-0.1, -0.05) is 23.4 Å². The van der Waals surface area contributed by atoms with E-state index in [2.05, 4.69) is 21.8 Å². The Bertz CT molecular complexity index is 391. The lowest BCUT2D eigenvalue weighted by Crippen LogP contribution is -2.30. The van der Waals surface area contributed by atoms with E-state index >= 15 is 0 Å². The van der Waals surface area contributed by atoms with Crippen molar-refractivity contribution in [1.82, 2.24) is 9.97 Å². The Kier molecular flexibility index (Phi) is 4.48. The van der Waals surface area contributed by atoms with Crippen LogP contribution < -0.4 is 4.90 Å². The summed E-state index contributed by atoms with van der Waals surface area (Å²) in [4.78, 5) is 10.9. The van der Waals surface area contributed by atoms with Gasteiger partial charge in [0.2, 0.25) is 0 Å². The Balaban J connectivity index is 2.22. The van der Waals surface area contributed by atoms with Crippen LogP contribution in [0.2, 0.25) is 5.15 Å². The van der Waals surface area contributed by atoms with Crippen LogP contribution >= 0.6 is 23.4 Å². The third kappa shape index (κ3) is 3.47. The molecule has 4 nitrogen and oxygen atoms in total. The van der Waals surface area contributed by atoms with Gasteiger partial charge in [0.15, 0.2) is 5.16 Å². The Labute approximate surface area is 111 Å². The average Bonchev–Trinajstić information content (AvgIpc) is 2.53. The molecule has 6 heteroatoms. The van der Waals surface area contributed by atoms with Crippen molar-refractivity contribution < 1.29 is 4.74 Å². The van der Waals surface area contributed by atoms with Crippen molar-refractivity contribution in [2.45, 2.75) is 24.6 Å². The smallest absolute Gasteiger partial charge is 0.190 e. The van der Waals surface area contributed by atoms with E-state index in [-0.39, 0.29) is 6.10 Å². The van der Waals surface area contributed by atoms with E-state index in [0.29, 0.717) is 10.3 Å². The Hall–Kier alpha value is -0.520. The van der Waals surface area contributed by atoms with Crippen LogP contribution in [0, 0.1) is 0 Å². The van der Waals surface area contributed by atoms with Crippen LogP contribution in [0.15, 0.2) is 11.2 Å². The zero-order chi connectivity index (χ0) is 12.3. The minimum absolute atomic E-state index is 0.226. The van der Waals surface area contributed by atoms with Gasteiger partial charge in [0, 0.05) is 25.8 Å². The molecule has 1 saturated heterocycles. The summed E-state index contributed by atoms with van der Waals surface area (Å²) < 4.78 is 5.62. The minimum Gasteiger partial charge on any atom is -0.377 e. The second-order valence-corrected chi connectivity index (χ2v) is 5.18. The van der Waals surface area contributed by atoms with Crippen molar-refractivity contribution >= 4 is 29.2 Å². The molecular formula is C11H16ClN3OS. The molecule has 1 atom stereocenters. The lowest BCUT2D eigenvalue weighted by molar-refractivity contribution is 0.0820. The summed E-state index contributed by atoms with van der Waals surface area (Å²) in [5.74, 6) is 0.895. The quantitative estimate of drug-likeness (QED) is 0.470. The van der Waals surface area contributed by atoms with Gasteiger partial charge in [-0.05, 0) is 19.6 Å². The highest BCUT2D eigenvalue weighted by atomic mass is 35.5. The van der Waals surface area contributed by atoms with E-state index in [1.165, 1.54) is 11.8 Å². The van der Waals surface area contributed by atoms with Crippen LogP contribution in [0.25, 0.3) is 0 Å². The molecule has 0 aliphatic carbocycles. The van der Waals surface area contributed by atoms with Crippen molar-refractivity contribution in [2.24, 2.45) is 0 Å². The third-order valence-corrected chi connectivity index (χ3v) is 3.36. The number of rotatable bonds is 2. The number of halogens is 1.